The Kier molecular flexibility index (Phi) is 6.33. The van der Waals surface area contributed by atoms with Gasteiger partial charge in [0.15, 0.2) is 0 Å². The van der Waals surface area contributed by atoms with Gasteiger partial charge in [0, 0.05) is 19.5 Å². The average Bonchev–Trinajstić information content (AvgIpc) is 3.11. The van der Waals surface area contributed by atoms with E-state index in [-0.39, 0.29) is 11.8 Å². The molecule has 1 aliphatic rings. The number of carbonyl (C=O) groups is 2. The molecule has 8 nitrogen and oxygen atoms in total. The molecule has 1 N–H and O–H groups in total. The summed E-state index contributed by atoms with van der Waals surface area (Å²) in [6.07, 6.45) is 3.01. The largest absolute Gasteiger partial charge is 0.493 e. The third-order valence-corrected chi connectivity index (χ3v) is 4.78. The van der Waals surface area contributed by atoms with E-state index < -0.39 is 6.04 Å². The molecule has 1 atom stereocenters. The zero-order valence-corrected chi connectivity index (χ0v) is 17.1. The number of likely N-dealkylation sites (N-methyl/N-ethyl adjacent to an activating group) is 1. The number of rotatable bonds is 2. The van der Waals surface area contributed by atoms with Crippen LogP contribution >= 0.6 is 0 Å². The Labute approximate surface area is 170 Å². The fraction of sp³-hybridized carbons (Fsp3) is 0.381. The Bertz CT molecular complexity index is 935. The van der Waals surface area contributed by atoms with Gasteiger partial charge in [-0.25, -0.2) is 9.75 Å². The molecule has 3 rings (SSSR count). The lowest BCUT2D eigenvalue weighted by molar-refractivity contribution is -0.170. The van der Waals surface area contributed by atoms with Gasteiger partial charge in [0.25, 0.3) is 11.8 Å². The van der Waals surface area contributed by atoms with Gasteiger partial charge in [0.2, 0.25) is 0 Å². The van der Waals surface area contributed by atoms with Crippen LogP contribution in [0.4, 0.5) is 0 Å². The molecular formula is C21H26N4O4. The lowest BCUT2D eigenvalue weighted by atomic mass is 10.1. The number of benzene rings is 1. The first-order chi connectivity index (χ1) is 13.9. The Morgan fingerprint density at radius 1 is 1.34 bits per heavy atom. The Morgan fingerprint density at radius 3 is 2.90 bits per heavy atom. The summed E-state index contributed by atoms with van der Waals surface area (Å²) in [5, 5.41) is 8.40. The lowest BCUT2D eigenvalue weighted by Gasteiger charge is -2.22. The van der Waals surface area contributed by atoms with Crippen molar-refractivity contribution in [2.45, 2.75) is 32.7 Å². The maximum absolute atomic E-state index is 13.1. The molecular weight excluding hydrogens is 372 g/mol. The van der Waals surface area contributed by atoms with E-state index in [2.05, 4.69) is 10.4 Å². The number of carbonyl (C=O) groups excluding carboxylic acids is 2. The van der Waals surface area contributed by atoms with Crippen LogP contribution in [0, 0.1) is 6.92 Å². The van der Waals surface area contributed by atoms with E-state index in [1.807, 2.05) is 44.2 Å². The van der Waals surface area contributed by atoms with E-state index in [9.17, 15) is 9.59 Å². The number of amides is 2. The van der Waals surface area contributed by atoms with Crippen LogP contribution in [0.2, 0.25) is 0 Å². The van der Waals surface area contributed by atoms with Crippen LogP contribution in [0.1, 0.15) is 35.9 Å². The average molecular weight is 398 g/mol. The van der Waals surface area contributed by atoms with Gasteiger partial charge in [0.05, 0.1) is 25.1 Å². The van der Waals surface area contributed by atoms with E-state index in [0.29, 0.717) is 42.3 Å². The minimum Gasteiger partial charge on any atom is -0.493 e. The summed E-state index contributed by atoms with van der Waals surface area (Å²) in [6, 6.07) is 8.36. The second kappa shape index (κ2) is 8.91. The van der Waals surface area contributed by atoms with Crippen LogP contribution in [0.5, 0.6) is 5.75 Å². The van der Waals surface area contributed by atoms with E-state index in [1.165, 1.54) is 14.2 Å². The fourth-order valence-corrected chi connectivity index (χ4v) is 3.08. The van der Waals surface area contributed by atoms with Gasteiger partial charge < -0.3 is 10.1 Å². The van der Waals surface area contributed by atoms with E-state index in [4.69, 9.17) is 9.57 Å². The van der Waals surface area contributed by atoms with Crippen LogP contribution < -0.4 is 10.1 Å². The highest BCUT2D eigenvalue weighted by atomic mass is 16.7. The Balaban J connectivity index is 2.02. The van der Waals surface area contributed by atoms with Crippen molar-refractivity contribution < 1.29 is 19.2 Å². The van der Waals surface area contributed by atoms with Gasteiger partial charge >= 0.3 is 0 Å². The summed E-state index contributed by atoms with van der Waals surface area (Å²) in [7, 11) is 2.93. The lowest BCUT2D eigenvalue weighted by Crippen LogP contribution is -2.47. The molecule has 0 saturated carbocycles. The maximum Gasteiger partial charge on any atom is 0.270 e. The minimum atomic E-state index is -0.763. The number of hydrogen-bond donors (Lipinski definition) is 1. The summed E-state index contributed by atoms with van der Waals surface area (Å²) >= 11 is 0. The summed E-state index contributed by atoms with van der Waals surface area (Å²) in [6.45, 7) is 4.31. The molecule has 1 aliphatic heterocycles. The number of nitrogens with zero attached hydrogens (tertiary/aromatic N) is 3. The van der Waals surface area contributed by atoms with Gasteiger partial charge in [0.1, 0.15) is 17.5 Å². The number of hydrogen-bond acceptors (Lipinski definition) is 5. The van der Waals surface area contributed by atoms with Crippen molar-refractivity contribution >= 4 is 11.8 Å². The molecule has 8 heteroatoms. The van der Waals surface area contributed by atoms with Crippen LogP contribution in [0.15, 0.2) is 42.0 Å². The van der Waals surface area contributed by atoms with Gasteiger partial charge in [-0.1, -0.05) is 17.7 Å². The molecule has 0 fully saturated rings. The molecule has 2 bridgehead atoms. The Hall–Kier alpha value is -3.13. The van der Waals surface area contributed by atoms with Crippen LogP contribution in [-0.4, -0.2) is 53.5 Å². The van der Waals surface area contributed by atoms with Crippen LogP contribution in [0.3, 0.4) is 0 Å². The smallest absolute Gasteiger partial charge is 0.270 e. The van der Waals surface area contributed by atoms with Crippen molar-refractivity contribution in [1.29, 1.82) is 0 Å². The quantitative estimate of drug-likeness (QED) is 0.620. The monoisotopic (exact) mass is 398 g/mol. The first kappa shape index (κ1) is 20.6. The molecule has 0 unspecified atom stereocenters. The third-order valence-electron chi connectivity index (χ3n) is 4.78. The molecule has 0 aliphatic carbocycles. The van der Waals surface area contributed by atoms with E-state index >= 15 is 0 Å². The standard InChI is InChI=1S/C21H26N4O4/c1-14-8-9-18(21(27)24(3)28-4)22-20(26)19-12-15(2)23-25(19)16-6-5-7-17(13-16)29-11-10-14/h5-8,12-13,18H,9-11H2,1-4H3,(H,22,26)/b14-8+/t18-/m0/s1. The predicted molar refractivity (Wildman–Crippen MR) is 108 cm³/mol. The van der Waals surface area contributed by atoms with E-state index in [1.54, 1.807) is 10.7 Å². The number of fused-ring (bicyclic) bond motifs is 4. The van der Waals surface area contributed by atoms with Crippen LogP contribution in [-0.2, 0) is 9.63 Å². The van der Waals surface area contributed by atoms with Crippen molar-refractivity contribution in [1.82, 2.24) is 20.2 Å². The SMILES string of the molecule is CON(C)C(=O)[C@@H]1C/C=C(\C)CCOc2cccc(c2)-n2nc(C)cc2C(=O)N1. The third kappa shape index (κ3) is 4.83. The zero-order chi connectivity index (χ0) is 21.0. The molecule has 29 heavy (non-hydrogen) atoms. The summed E-state index contributed by atoms with van der Waals surface area (Å²) in [5.74, 6) is -0.0115. The number of ether oxygens (including phenoxy) is 1. The second-order valence-electron chi connectivity index (χ2n) is 7.01. The Morgan fingerprint density at radius 2 is 2.14 bits per heavy atom. The van der Waals surface area contributed by atoms with Gasteiger partial charge in [-0.2, -0.15) is 5.10 Å². The van der Waals surface area contributed by atoms with Crippen molar-refractivity contribution in [3.8, 4) is 11.4 Å². The van der Waals surface area contributed by atoms with Gasteiger partial charge in [-0.3, -0.25) is 14.4 Å². The maximum atomic E-state index is 13.1. The molecule has 1 aromatic carbocycles. The fourth-order valence-electron chi connectivity index (χ4n) is 3.08. The summed E-state index contributed by atoms with van der Waals surface area (Å²) in [4.78, 5) is 30.8. The number of aromatic nitrogens is 2. The van der Waals surface area contributed by atoms with E-state index in [0.717, 1.165) is 10.6 Å². The van der Waals surface area contributed by atoms with Crippen molar-refractivity contribution in [3.05, 3.63) is 53.4 Å². The molecule has 0 spiro atoms. The summed E-state index contributed by atoms with van der Waals surface area (Å²) in [5.41, 5.74) is 2.82. The molecule has 2 amide bonds. The molecule has 1 aromatic heterocycles. The highest BCUT2D eigenvalue weighted by Crippen LogP contribution is 2.20. The van der Waals surface area contributed by atoms with Crippen molar-refractivity contribution in [2.75, 3.05) is 20.8 Å². The first-order valence-corrected chi connectivity index (χ1v) is 9.47. The normalized spacial score (nSPS) is 19.1. The van der Waals surface area contributed by atoms with Gasteiger partial charge in [-0.05, 0) is 38.5 Å². The summed E-state index contributed by atoms with van der Waals surface area (Å²) < 4.78 is 7.42. The van der Waals surface area contributed by atoms with Crippen molar-refractivity contribution in [2.24, 2.45) is 0 Å². The first-order valence-electron chi connectivity index (χ1n) is 9.47. The molecule has 154 valence electrons. The minimum absolute atomic E-state index is 0.335. The molecule has 0 radical (unpaired) electrons. The number of aryl methyl sites for hydroxylation is 1. The zero-order valence-electron chi connectivity index (χ0n) is 17.1. The van der Waals surface area contributed by atoms with Crippen molar-refractivity contribution in [3.63, 3.8) is 0 Å². The second-order valence-corrected chi connectivity index (χ2v) is 7.01. The topological polar surface area (TPSA) is 85.7 Å². The molecule has 2 heterocycles. The molecule has 0 saturated heterocycles. The molecule has 2 aromatic rings. The highest BCUT2D eigenvalue weighted by Gasteiger charge is 2.26. The highest BCUT2D eigenvalue weighted by molar-refractivity contribution is 5.96. The van der Waals surface area contributed by atoms with Crippen LogP contribution in [0.25, 0.3) is 5.69 Å². The number of hydroxylamine groups is 2. The van der Waals surface area contributed by atoms with Gasteiger partial charge in [-0.15, -0.1) is 0 Å². The predicted octanol–water partition coefficient (Wildman–Crippen LogP) is 2.42. The number of nitrogens with one attached hydrogen (secondary N) is 1.